The van der Waals surface area contributed by atoms with E-state index in [1.165, 1.54) is 0 Å². The second-order valence-corrected chi connectivity index (χ2v) is 3.88. The molecule has 0 fully saturated rings. The summed E-state index contributed by atoms with van der Waals surface area (Å²) in [5.74, 6) is 1.45. The Kier molecular flexibility index (Phi) is 4.66. The number of nitrogens with zero attached hydrogens (tertiary/aromatic N) is 3. The lowest BCUT2D eigenvalue weighted by molar-refractivity contribution is 0.411. The highest BCUT2D eigenvalue weighted by Gasteiger charge is 2.16. The Balaban J connectivity index is 3.45. The van der Waals surface area contributed by atoms with E-state index in [4.69, 9.17) is 4.74 Å². The Hall–Kier alpha value is -2.10. The summed E-state index contributed by atoms with van der Waals surface area (Å²) in [6.45, 7) is 9.41. The van der Waals surface area contributed by atoms with Gasteiger partial charge in [-0.05, 0) is 18.6 Å². The SMILES string of the molecule is C=NN(C)/C(=N\C)c1cccc(C(=C)C)c1OC. The summed E-state index contributed by atoms with van der Waals surface area (Å²) in [5.41, 5.74) is 2.78. The van der Waals surface area contributed by atoms with Gasteiger partial charge in [0.05, 0.1) is 12.7 Å². The van der Waals surface area contributed by atoms with Crippen molar-refractivity contribution in [3.05, 3.63) is 35.9 Å². The van der Waals surface area contributed by atoms with Crippen LogP contribution in [0.25, 0.3) is 5.57 Å². The number of rotatable bonds is 4. The molecule has 1 aromatic carbocycles. The molecular formula is C14H19N3O. The van der Waals surface area contributed by atoms with Crippen LogP contribution in [0.1, 0.15) is 18.1 Å². The van der Waals surface area contributed by atoms with E-state index in [9.17, 15) is 0 Å². The van der Waals surface area contributed by atoms with E-state index in [0.29, 0.717) is 5.84 Å². The van der Waals surface area contributed by atoms with Crippen LogP contribution >= 0.6 is 0 Å². The third kappa shape index (κ3) is 2.59. The van der Waals surface area contributed by atoms with Gasteiger partial charge in [-0.1, -0.05) is 18.7 Å². The van der Waals surface area contributed by atoms with Crippen molar-refractivity contribution in [1.29, 1.82) is 0 Å². The molecule has 4 heteroatoms. The monoisotopic (exact) mass is 245 g/mol. The molecule has 0 unspecified atom stereocenters. The molecule has 0 saturated heterocycles. The summed E-state index contributed by atoms with van der Waals surface area (Å²) < 4.78 is 5.48. The lowest BCUT2D eigenvalue weighted by Crippen LogP contribution is -2.22. The summed E-state index contributed by atoms with van der Waals surface area (Å²) in [4.78, 5) is 4.24. The first kappa shape index (κ1) is 14.0. The zero-order valence-electron chi connectivity index (χ0n) is 11.4. The Morgan fingerprint density at radius 2 is 1.94 bits per heavy atom. The molecule has 0 bridgehead atoms. The molecule has 0 N–H and O–H groups in total. The predicted molar refractivity (Wildman–Crippen MR) is 77.5 cm³/mol. The predicted octanol–water partition coefficient (Wildman–Crippen LogP) is 2.65. The van der Waals surface area contributed by atoms with E-state index < -0.39 is 0 Å². The molecule has 0 atom stereocenters. The average Bonchev–Trinajstić information content (AvgIpc) is 2.38. The molecule has 0 spiro atoms. The quantitative estimate of drug-likeness (QED) is 0.464. The van der Waals surface area contributed by atoms with Crippen molar-refractivity contribution in [2.45, 2.75) is 6.92 Å². The summed E-state index contributed by atoms with van der Waals surface area (Å²) in [6.07, 6.45) is 0. The normalized spacial score (nSPS) is 11.0. The number of para-hydroxylation sites is 1. The molecular weight excluding hydrogens is 226 g/mol. The van der Waals surface area contributed by atoms with Crippen molar-refractivity contribution in [2.24, 2.45) is 10.1 Å². The molecule has 0 aliphatic carbocycles. The van der Waals surface area contributed by atoms with E-state index in [-0.39, 0.29) is 0 Å². The smallest absolute Gasteiger partial charge is 0.154 e. The Morgan fingerprint density at radius 3 is 2.39 bits per heavy atom. The van der Waals surface area contributed by atoms with Crippen molar-refractivity contribution >= 4 is 18.1 Å². The Morgan fingerprint density at radius 1 is 1.33 bits per heavy atom. The number of benzene rings is 1. The number of aliphatic imine (C=N–C) groups is 1. The fourth-order valence-electron chi connectivity index (χ4n) is 1.78. The van der Waals surface area contributed by atoms with Gasteiger partial charge in [-0.2, -0.15) is 5.10 Å². The molecule has 0 amide bonds. The minimum absolute atomic E-state index is 0.699. The Bertz CT molecular complexity index is 492. The van der Waals surface area contributed by atoms with Gasteiger partial charge in [-0.15, -0.1) is 0 Å². The molecule has 18 heavy (non-hydrogen) atoms. The zero-order valence-corrected chi connectivity index (χ0v) is 11.4. The lowest BCUT2D eigenvalue weighted by Gasteiger charge is -2.19. The second kappa shape index (κ2) is 6.00. The maximum atomic E-state index is 5.48. The number of hydrogen-bond acceptors (Lipinski definition) is 3. The highest BCUT2D eigenvalue weighted by atomic mass is 16.5. The minimum Gasteiger partial charge on any atom is -0.495 e. The highest BCUT2D eigenvalue weighted by Crippen LogP contribution is 2.29. The lowest BCUT2D eigenvalue weighted by atomic mass is 10.0. The summed E-state index contributed by atoms with van der Waals surface area (Å²) in [7, 11) is 5.14. The topological polar surface area (TPSA) is 37.2 Å². The van der Waals surface area contributed by atoms with Gasteiger partial charge < -0.3 is 4.74 Å². The van der Waals surface area contributed by atoms with E-state index in [1.807, 2.05) is 25.1 Å². The molecule has 1 aromatic rings. The summed E-state index contributed by atoms with van der Waals surface area (Å²) in [6, 6.07) is 5.86. The first-order valence-electron chi connectivity index (χ1n) is 5.57. The summed E-state index contributed by atoms with van der Waals surface area (Å²) >= 11 is 0. The van der Waals surface area contributed by atoms with Crippen LogP contribution in [-0.4, -0.2) is 38.8 Å². The first-order chi connectivity index (χ1) is 8.56. The van der Waals surface area contributed by atoms with E-state index in [0.717, 1.165) is 22.4 Å². The molecule has 1 rings (SSSR count). The van der Waals surface area contributed by atoms with Gasteiger partial charge in [0.2, 0.25) is 0 Å². The molecule has 0 aliphatic heterocycles. The van der Waals surface area contributed by atoms with Crippen LogP contribution in [-0.2, 0) is 0 Å². The van der Waals surface area contributed by atoms with Crippen LogP contribution in [0.3, 0.4) is 0 Å². The number of hydrazone groups is 1. The van der Waals surface area contributed by atoms with Crippen molar-refractivity contribution in [2.75, 3.05) is 21.2 Å². The van der Waals surface area contributed by atoms with Crippen LogP contribution in [0.2, 0.25) is 0 Å². The average molecular weight is 245 g/mol. The highest BCUT2D eigenvalue weighted by molar-refractivity contribution is 6.02. The van der Waals surface area contributed by atoms with E-state index >= 15 is 0 Å². The first-order valence-corrected chi connectivity index (χ1v) is 5.57. The van der Waals surface area contributed by atoms with Crippen LogP contribution in [0.5, 0.6) is 5.75 Å². The third-order valence-corrected chi connectivity index (χ3v) is 2.65. The molecule has 0 aromatic heterocycles. The van der Waals surface area contributed by atoms with E-state index in [1.54, 1.807) is 26.2 Å². The minimum atomic E-state index is 0.699. The van der Waals surface area contributed by atoms with Crippen molar-refractivity contribution in [1.82, 2.24) is 5.01 Å². The van der Waals surface area contributed by atoms with Crippen molar-refractivity contribution in [3.8, 4) is 5.75 Å². The van der Waals surface area contributed by atoms with Crippen LogP contribution in [0.15, 0.2) is 34.9 Å². The molecule has 96 valence electrons. The number of allylic oxidation sites excluding steroid dienone is 1. The number of hydrogen-bond donors (Lipinski definition) is 0. The van der Waals surface area contributed by atoms with E-state index in [2.05, 4.69) is 23.4 Å². The van der Waals surface area contributed by atoms with Gasteiger partial charge in [0.1, 0.15) is 5.75 Å². The van der Waals surface area contributed by atoms with Gasteiger partial charge in [0, 0.05) is 26.4 Å². The molecule has 4 nitrogen and oxygen atoms in total. The molecule has 0 heterocycles. The number of ether oxygens (including phenoxy) is 1. The zero-order chi connectivity index (χ0) is 13.7. The van der Waals surface area contributed by atoms with Gasteiger partial charge in [-0.3, -0.25) is 10.0 Å². The third-order valence-electron chi connectivity index (χ3n) is 2.65. The van der Waals surface area contributed by atoms with Gasteiger partial charge in [0.15, 0.2) is 5.84 Å². The fourth-order valence-corrected chi connectivity index (χ4v) is 1.78. The van der Waals surface area contributed by atoms with Gasteiger partial charge >= 0.3 is 0 Å². The van der Waals surface area contributed by atoms with Crippen molar-refractivity contribution in [3.63, 3.8) is 0 Å². The van der Waals surface area contributed by atoms with Crippen LogP contribution in [0.4, 0.5) is 0 Å². The molecule has 0 radical (unpaired) electrons. The second-order valence-electron chi connectivity index (χ2n) is 3.88. The Labute approximate surface area is 108 Å². The standard InChI is InChI=1S/C14H19N3O/c1-10(2)11-8-7-9-12(13(11)18-6)14(15-3)17(5)16-4/h7-9H,1,4H2,2-3,5-6H3/b15-14-. The number of methoxy groups -OCH3 is 1. The van der Waals surface area contributed by atoms with Crippen molar-refractivity contribution < 1.29 is 4.74 Å². The van der Waals surface area contributed by atoms with Gasteiger partial charge in [-0.25, -0.2) is 0 Å². The molecule has 0 saturated carbocycles. The maximum absolute atomic E-state index is 5.48. The van der Waals surface area contributed by atoms with Crippen LogP contribution < -0.4 is 4.74 Å². The number of amidine groups is 1. The maximum Gasteiger partial charge on any atom is 0.154 e. The summed E-state index contributed by atoms with van der Waals surface area (Å²) in [5, 5.41) is 5.47. The van der Waals surface area contributed by atoms with Gasteiger partial charge in [0.25, 0.3) is 0 Å². The fraction of sp³-hybridized carbons (Fsp3) is 0.286. The molecule has 0 aliphatic rings. The van der Waals surface area contributed by atoms with Crippen LogP contribution in [0, 0.1) is 0 Å². The largest absolute Gasteiger partial charge is 0.495 e.